The maximum Gasteiger partial charge on any atom is 0.310 e. The van der Waals surface area contributed by atoms with Gasteiger partial charge < -0.3 is 10.4 Å². The molecule has 1 saturated heterocycles. The SMILES string of the molecule is CCCC1(C(=O)O)CCN(CC(=O)NC(CC)CC)C1. The number of likely N-dealkylation sites (tertiary alicyclic amines) is 1. The second-order valence-electron chi connectivity index (χ2n) is 5.88. The third-order valence-electron chi connectivity index (χ3n) is 4.33. The largest absolute Gasteiger partial charge is 0.481 e. The zero-order chi connectivity index (χ0) is 15.2. The number of aliphatic carboxylic acids is 1. The topological polar surface area (TPSA) is 69.6 Å². The summed E-state index contributed by atoms with van der Waals surface area (Å²) in [5, 5.41) is 12.4. The van der Waals surface area contributed by atoms with Crippen LogP contribution in [0.2, 0.25) is 0 Å². The van der Waals surface area contributed by atoms with Gasteiger partial charge in [-0.15, -0.1) is 0 Å². The molecule has 1 fully saturated rings. The molecule has 0 saturated carbocycles. The van der Waals surface area contributed by atoms with E-state index >= 15 is 0 Å². The van der Waals surface area contributed by atoms with Crippen LogP contribution < -0.4 is 5.32 Å². The van der Waals surface area contributed by atoms with Gasteiger partial charge in [0.15, 0.2) is 0 Å². The summed E-state index contributed by atoms with van der Waals surface area (Å²) in [7, 11) is 0. The van der Waals surface area contributed by atoms with E-state index in [1.807, 2.05) is 11.8 Å². The van der Waals surface area contributed by atoms with Crippen molar-refractivity contribution in [1.29, 1.82) is 0 Å². The average molecular weight is 284 g/mol. The number of rotatable bonds is 8. The fourth-order valence-corrected chi connectivity index (χ4v) is 3.03. The lowest BCUT2D eigenvalue weighted by atomic mass is 9.83. The van der Waals surface area contributed by atoms with Crippen LogP contribution in [0.3, 0.4) is 0 Å². The van der Waals surface area contributed by atoms with Gasteiger partial charge in [0.25, 0.3) is 0 Å². The molecule has 1 atom stereocenters. The highest BCUT2D eigenvalue weighted by atomic mass is 16.4. The van der Waals surface area contributed by atoms with Crippen LogP contribution in [0.5, 0.6) is 0 Å². The van der Waals surface area contributed by atoms with Crippen molar-refractivity contribution < 1.29 is 14.7 Å². The number of nitrogens with one attached hydrogen (secondary N) is 1. The maximum atomic E-state index is 12.0. The van der Waals surface area contributed by atoms with Gasteiger partial charge in [0, 0.05) is 12.6 Å². The Labute approximate surface area is 121 Å². The lowest BCUT2D eigenvalue weighted by Gasteiger charge is -2.24. The van der Waals surface area contributed by atoms with Gasteiger partial charge in [-0.25, -0.2) is 0 Å². The number of nitrogens with zero attached hydrogens (tertiary/aromatic N) is 1. The summed E-state index contributed by atoms with van der Waals surface area (Å²) < 4.78 is 0. The number of amides is 1. The van der Waals surface area contributed by atoms with Crippen molar-refractivity contribution in [3.05, 3.63) is 0 Å². The molecule has 0 radical (unpaired) electrons. The predicted molar refractivity (Wildman–Crippen MR) is 78.5 cm³/mol. The summed E-state index contributed by atoms with van der Waals surface area (Å²) >= 11 is 0. The van der Waals surface area contributed by atoms with E-state index < -0.39 is 11.4 Å². The monoisotopic (exact) mass is 284 g/mol. The molecule has 5 heteroatoms. The van der Waals surface area contributed by atoms with Crippen LogP contribution in [-0.2, 0) is 9.59 Å². The van der Waals surface area contributed by atoms with E-state index in [9.17, 15) is 14.7 Å². The second-order valence-corrected chi connectivity index (χ2v) is 5.88. The minimum atomic E-state index is -0.720. The quantitative estimate of drug-likeness (QED) is 0.714. The molecule has 0 aromatic heterocycles. The Hall–Kier alpha value is -1.10. The molecule has 20 heavy (non-hydrogen) atoms. The zero-order valence-corrected chi connectivity index (χ0v) is 12.9. The van der Waals surface area contributed by atoms with E-state index in [0.717, 1.165) is 19.3 Å². The minimum Gasteiger partial charge on any atom is -0.481 e. The van der Waals surface area contributed by atoms with Crippen molar-refractivity contribution in [2.24, 2.45) is 5.41 Å². The molecule has 1 aliphatic heterocycles. The summed E-state index contributed by atoms with van der Waals surface area (Å²) in [6.07, 6.45) is 4.05. The average Bonchev–Trinajstić information content (AvgIpc) is 2.80. The van der Waals surface area contributed by atoms with Crippen LogP contribution in [-0.4, -0.2) is 47.6 Å². The third-order valence-corrected chi connectivity index (χ3v) is 4.33. The summed E-state index contributed by atoms with van der Waals surface area (Å²) in [6, 6.07) is 0.227. The Morgan fingerprint density at radius 3 is 2.45 bits per heavy atom. The zero-order valence-electron chi connectivity index (χ0n) is 12.9. The number of hydrogen-bond acceptors (Lipinski definition) is 3. The fourth-order valence-electron chi connectivity index (χ4n) is 3.03. The summed E-state index contributed by atoms with van der Waals surface area (Å²) in [4.78, 5) is 25.4. The molecule has 1 amide bonds. The standard InChI is InChI=1S/C15H28N2O3/c1-4-7-15(14(19)20)8-9-17(11-15)10-13(18)16-12(5-2)6-3/h12H,4-11H2,1-3H3,(H,16,18)(H,19,20). The van der Waals surface area contributed by atoms with Crippen molar-refractivity contribution in [2.75, 3.05) is 19.6 Å². The van der Waals surface area contributed by atoms with Crippen molar-refractivity contribution in [2.45, 2.75) is 58.9 Å². The molecule has 116 valence electrons. The molecule has 0 spiro atoms. The highest BCUT2D eigenvalue weighted by Gasteiger charge is 2.44. The van der Waals surface area contributed by atoms with Crippen molar-refractivity contribution in [3.8, 4) is 0 Å². The molecular weight excluding hydrogens is 256 g/mol. The van der Waals surface area contributed by atoms with Gasteiger partial charge in [-0.3, -0.25) is 14.5 Å². The smallest absolute Gasteiger partial charge is 0.310 e. The van der Waals surface area contributed by atoms with Gasteiger partial charge in [0.05, 0.1) is 12.0 Å². The van der Waals surface area contributed by atoms with E-state index in [1.54, 1.807) is 0 Å². The Balaban J connectivity index is 2.51. The van der Waals surface area contributed by atoms with E-state index in [1.165, 1.54) is 0 Å². The van der Waals surface area contributed by atoms with Crippen LogP contribution >= 0.6 is 0 Å². The minimum absolute atomic E-state index is 0.0105. The molecule has 0 aromatic rings. The highest BCUT2D eigenvalue weighted by Crippen LogP contribution is 2.35. The number of carboxylic acid groups (broad SMARTS) is 1. The van der Waals surface area contributed by atoms with Crippen molar-refractivity contribution >= 4 is 11.9 Å². The van der Waals surface area contributed by atoms with Gasteiger partial charge in [-0.2, -0.15) is 0 Å². The third kappa shape index (κ3) is 4.20. The van der Waals surface area contributed by atoms with Gasteiger partial charge >= 0.3 is 5.97 Å². The molecule has 5 nitrogen and oxygen atoms in total. The van der Waals surface area contributed by atoms with Crippen LogP contribution in [0, 0.1) is 5.41 Å². The predicted octanol–water partition coefficient (Wildman–Crippen LogP) is 1.87. The lowest BCUT2D eigenvalue weighted by molar-refractivity contribution is -0.148. The van der Waals surface area contributed by atoms with Crippen molar-refractivity contribution in [3.63, 3.8) is 0 Å². The molecule has 0 aliphatic carbocycles. The Morgan fingerprint density at radius 1 is 1.30 bits per heavy atom. The van der Waals surface area contributed by atoms with Gasteiger partial charge in [0.1, 0.15) is 0 Å². The first-order valence-corrected chi connectivity index (χ1v) is 7.72. The lowest BCUT2D eigenvalue weighted by Crippen LogP contribution is -2.42. The molecular formula is C15H28N2O3. The van der Waals surface area contributed by atoms with Gasteiger partial charge in [-0.05, 0) is 32.2 Å². The molecule has 1 rings (SSSR count). The Morgan fingerprint density at radius 2 is 1.95 bits per heavy atom. The summed E-state index contributed by atoms with van der Waals surface area (Å²) in [5.74, 6) is -0.710. The normalized spacial score (nSPS) is 23.2. The maximum absolute atomic E-state index is 12.0. The van der Waals surface area contributed by atoms with E-state index in [-0.39, 0.29) is 11.9 Å². The van der Waals surface area contributed by atoms with E-state index in [4.69, 9.17) is 0 Å². The Bertz CT molecular complexity index is 342. The molecule has 0 aromatic carbocycles. The molecule has 1 aliphatic rings. The molecule has 2 N–H and O–H groups in total. The molecule has 1 unspecified atom stereocenters. The van der Waals surface area contributed by atoms with Crippen LogP contribution in [0.25, 0.3) is 0 Å². The van der Waals surface area contributed by atoms with Crippen molar-refractivity contribution in [1.82, 2.24) is 10.2 Å². The fraction of sp³-hybridized carbons (Fsp3) is 0.867. The van der Waals surface area contributed by atoms with Crippen LogP contribution in [0.4, 0.5) is 0 Å². The molecule has 0 bridgehead atoms. The van der Waals surface area contributed by atoms with E-state index in [2.05, 4.69) is 19.2 Å². The highest BCUT2D eigenvalue weighted by molar-refractivity contribution is 5.79. The molecule has 1 heterocycles. The first kappa shape index (κ1) is 17.0. The van der Waals surface area contributed by atoms with Gasteiger partial charge in [0.2, 0.25) is 5.91 Å². The Kier molecular flexibility index (Phi) is 6.46. The van der Waals surface area contributed by atoms with E-state index in [0.29, 0.717) is 32.5 Å². The second kappa shape index (κ2) is 7.62. The number of carbonyl (C=O) groups excluding carboxylic acids is 1. The summed E-state index contributed by atoms with van der Waals surface area (Å²) in [6.45, 7) is 7.62. The number of carbonyl (C=O) groups is 2. The summed E-state index contributed by atoms with van der Waals surface area (Å²) in [5.41, 5.74) is -0.649. The first-order chi connectivity index (χ1) is 9.47. The van der Waals surface area contributed by atoms with Crippen LogP contribution in [0.15, 0.2) is 0 Å². The van der Waals surface area contributed by atoms with Crippen LogP contribution in [0.1, 0.15) is 52.9 Å². The first-order valence-electron chi connectivity index (χ1n) is 7.72. The number of carboxylic acids is 1. The van der Waals surface area contributed by atoms with Gasteiger partial charge in [-0.1, -0.05) is 27.2 Å². The number of hydrogen-bond donors (Lipinski definition) is 2.